The van der Waals surface area contributed by atoms with Crippen LogP contribution in [0.3, 0.4) is 0 Å². The van der Waals surface area contributed by atoms with Crippen molar-refractivity contribution in [2.24, 2.45) is 0 Å². The Morgan fingerprint density at radius 3 is 2.20 bits per heavy atom. The van der Waals surface area contributed by atoms with Gasteiger partial charge in [-0.25, -0.2) is 0 Å². The van der Waals surface area contributed by atoms with Crippen molar-refractivity contribution in [3.05, 3.63) is 78.5 Å². The number of hydrogen-bond acceptors (Lipinski definition) is 5. The first-order chi connectivity index (χ1) is 14.5. The molecular weight excluding hydrogens is 382 g/mol. The van der Waals surface area contributed by atoms with Gasteiger partial charge in [-0.3, -0.25) is 15.0 Å². The van der Waals surface area contributed by atoms with Gasteiger partial charge in [0.05, 0.1) is 20.6 Å². The van der Waals surface area contributed by atoms with Crippen molar-refractivity contribution < 1.29 is 19.1 Å². The van der Waals surface area contributed by atoms with Gasteiger partial charge in [0.2, 0.25) is 5.91 Å². The van der Waals surface area contributed by atoms with E-state index >= 15 is 0 Å². The molecule has 3 aromatic rings. The lowest BCUT2D eigenvalue weighted by Gasteiger charge is -2.13. The van der Waals surface area contributed by atoms with Crippen LogP contribution in [0.5, 0.6) is 11.5 Å². The summed E-state index contributed by atoms with van der Waals surface area (Å²) in [5.41, 5.74) is 6.56. The number of hydrogen-bond donors (Lipinski definition) is 3. The van der Waals surface area contributed by atoms with Gasteiger partial charge in [0.1, 0.15) is 11.5 Å². The molecule has 2 amide bonds. The SMILES string of the molecule is C=C(CC(=O)Nc1ccc2ccccc2c1)NNC(=O)c1cc(OC)cc(OC)c1. The summed E-state index contributed by atoms with van der Waals surface area (Å²) in [7, 11) is 3.01. The fourth-order valence-electron chi connectivity index (χ4n) is 2.87. The van der Waals surface area contributed by atoms with E-state index in [1.54, 1.807) is 18.2 Å². The molecule has 0 atom stereocenters. The molecule has 154 valence electrons. The average molecular weight is 405 g/mol. The topological polar surface area (TPSA) is 88.7 Å². The van der Waals surface area contributed by atoms with Gasteiger partial charge in [0.15, 0.2) is 0 Å². The van der Waals surface area contributed by atoms with Crippen molar-refractivity contribution in [3.63, 3.8) is 0 Å². The van der Waals surface area contributed by atoms with Crippen molar-refractivity contribution in [1.82, 2.24) is 10.9 Å². The molecule has 30 heavy (non-hydrogen) atoms. The monoisotopic (exact) mass is 405 g/mol. The lowest BCUT2D eigenvalue weighted by atomic mass is 10.1. The molecule has 0 aliphatic heterocycles. The lowest BCUT2D eigenvalue weighted by Crippen LogP contribution is -2.37. The summed E-state index contributed by atoms with van der Waals surface area (Å²) in [6, 6.07) is 18.4. The van der Waals surface area contributed by atoms with Crippen molar-refractivity contribution in [2.75, 3.05) is 19.5 Å². The number of rotatable bonds is 8. The molecule has 3 N–H and O–H groups in total. The third-order valence-electron chi connectivity index (χ3n) is 4.37. The zero-order valence-electron chi connectivity index (χ0n) is 16.8. The molecule has 0 unspecified atom stereocenters. The number of benzene rings is 3. The van der Waals surface area contributed by atoms with Crippen LogP contribution >= 0.6 is 0 Å². The second-order valence-electron chi connectivity index (χ2n) is 6.57. The third kappa shape index (κ3) is 5.29. The van der Waals surface area contributed by atoms with Crippen LogP contribution < -0.4 is 25.6 Å². The average Bonchev–Trinajstić information content (AvgIpc) is 2.76. The van der Waals surface area contributed by atoms with E-state index in [1.165, 1.54) is 14.2 Å². The molecule has 0 bridgehead atoms. The maximum Gasteiger partial charge on any atom is 0.269 e. The Hall–Kier alpha value is -4.00. The molecular formula is C23H23N3O4. The fraction of sp³-hybridized carbons (Fsp3) is 0.130. The van der Waals surface area contributed by atoms with Crippen LogP contribution in [0.2, 0.25) is 0 Å². The van der Waals surface area contributed by atoms with Gasteiger partial charge in [0.25, 0.3) is 5.91 Å². The quantitative estimate of drug-likeness (QED) is 0.498. The zero-order valence-corrected chi connectivity index (χ0v) is 16.8. The molecule has 0 spiro atoms. The number of methoxy groups -OCH3 is 2. The Labute approximate surface area is 174 Å². The second kappa shape index (κ2) is 9.47. The Kier molecular flexibility index (Phi) is 6.54. The maximum absolute atomic E-state index is 12.4. The minimum atomic E-state index is -0.414. The summed E-state index contributed by atoms with van der Waals surface area (Å²) in [4.78, 5) is 24.6. The highest BCUT2D eigenvalue weighted by Gasteiger charge is 2.11. The molecule has 0 aliphatic carbocycles. The van der Waals surface area contributed by atoms with E-state index in [2.05, 4.69) is 22.7 Å². The summed E-state index contributed by atoms with van der Waals surface area (Å²) < 4.78 is 10.3. The number of nitrogens with one attached hydrogen (secondary N) is 3. The van der Waals surface area contributed by atoms with Crippen LogP contribution in [-0.4, -0.2) is 26.0 Å². The standard InChI is InChI=1S/C23H23N3O4/c1-15(25-26-23(28)18-12-20(29-2)14-21(13-18)30-3)10-22(27)24-19-9-8-16-6-4-5-7-17(16)11-19/h4-9,11-14,25H,1,10H2,2-3H3,(H,24,27)(H,26,28). The molecule has 0 saturated heterocycles. The van der Waals surface area contributed by atoms with Gasteiger partial charge in [-0.15, -0.1) is 0 Å². The van der Waals surface area contributed by atoms with Gasteiger partial charge < -0.3 is 20.2 Å². The van der Waals surface area contributed by atoms with Crippen LogP contribution in [0.25, 0.3) is 10.8 Å². The smallest absolute Gasteiger partial charge is 0.269 e. The molecule has 0 heterocycles. The summed E-state index contributed by atoms with van der Waals surface area (Å²) in [6.07, 6.45) is -0.00542. The van der Waals surface area contributed by atoms with Crippen molar-refractivity contribution in [3.8, 4) is 11.5 Å². The third-order valence-corrected chi connectivity index (χ3v) is 4.37. The predicted octanol–water partition coefficient (Wildman–Crippen LogP) is 3.63. The minimum Gasteiger partial charge on any atom is -0.497 e. The number of carbonyl (C=O) groups excluding carboxylic acids is 2. The zero-order chi connectivity index (χ0) is 21.5. The number of fused-ring (bicyclic) bond motifs is 1. The Morgan fingerprint density at radius 2 is 1.53 bits per heavy atom. The summed E-state index contributed by atoms with van der Waals surface area (Å²) >= 11 is 0. The number of ether oxygens (including phenoxy) is 2. The summed E-state index contributed by atoms with van der Waals surface area (Å²) in [5, 5.41) is 4.96. The van der Waals surface area contributed by atoms with E-state index in [9.17, 15) is 9.59 Å². The van der Waals surface area contributed by atoms with Gasteiger partial charge in [-0.05, 0) is 35.0 Å². The summed E-state index contributed by atoms with van der Waals surface area (Å²) in [6.45, 7) is 3.78. The van der Waals surface area contributed by atoms with Crippen molar-refractivity contribution in [1.29, 1.82) is 0 Å². The molecule has 7 heteroatoms. The van der Waals surface area contributed by atoms with Crippen LogP contribution in [0.4, 0.5) is 5.69 Å². The highest BCUT2D eigenvalue weighted by Crippen LogP contribution is 2.22. The number of amides is 2. The molecule has 0 saturated carbocycles. The van der Waals surface area contributed by atoms with Gasteiger partial charge in [-0.1, -0.05) is 36.9 Å². The Morgan fingerprint density at radius 1 is 0.867 bits per heavy atom. The maximum atomic E-state index is 12.4. The minimum absolute atomic E-state index is 0.00542. The van der Waals surface area contributed by atoms with Gasteiger partial charge >= 0.3 is 0 Å². The first-order valence-electron chi connectivity index (χ1n) is 9.24. The first kappa shape index (κ1) is 20.7. The van der Waals surface area contributed by atoms with Gasteiger partial charge in [-0.2, -0.15) is 0 Å². The highest BCUT2D eigenvalue weighted by atomic mass is 16.5. The van der Waals surface area contributed by atoms with E-state index in [4.69, 9.17) is 9.47 Å². The fourth-order valence-corrected chi connectivity index (χ4v) is 2.87. The van der Waals surface area contributed by atoms with Crippen LogP contribution in [0.15, 0.2) is 72.9 Å². The molecule has 3 aromatic carbocycles. The molecule has 0 radical (unpaired) electrons. The molecule has 0 fully saturated rings. The van der Waals surface area contributed by atoms with E-state index < -0.39 is 5.91 Å². The van der Waals surface area contributed by atoms with E-state index in [1.807, 2.05) is 42.5 Å². The molecule has 3 rings (SSSR count). The van der Waals surface area contributed by atoms with Crippen molar-refractivity contribution >= 4 is 28.3 Å². The van der Waals surface area contributed by atoms with Crippen LogP contribution in [-0.2, 0) is 4.79 Å². The Balaban J connectivity index is 1.53. The highest BCUT2D eigenvalue weighted by molar-refractivity contribution is 5.96. The predicted molar refractivity (Wildman–Crippen MR) is 116 cm³/mol. The second-order valence-corrected chi connectivity index (χ2v) is 6.57. The summed E-state index contributed by atoms with van der Waals surface area (Å²) in [5.74, 6) is 0.324. The normalized spacial score (nSPS) is 10.2. The van der Waals surface area contributed by atoms with Crippen LogP contribution in [0, 0.1) is 0 Å². The number of hydrazine groups is 1. The first-order valence-corrected chi connectivity index (χ1v) is 9.24. The van der Waals surface area contributed by atoms with E-state index in [0.717, 1.165) is 10.8 Å². The van der Waals surface area contributed by atoms with E-state index in [-0.39, 0.29) is 12.3 Å². The van der Waals surface area contributed by atoms with Crippen LogP contribution in [0.1, 0.15) is 16.8 Å². The molecule has 0 aromatic heterocycles. The van der Waals surface area contributed by atoms with Gasteiger partial charge in [0, 0.05) is 23.0 Å². The lowest BCUT2D eigenvalue weighted by molar-refractivity contribution is -0.115. The molecule has 7 nitrogen and oxygen atoms in total. The Bertz CT molecular complexity index is 1070. The number of anilines is 1. The molecule has 0 aliphatic rings. The largest absolute Gasteiger partial charge is 0.497 e. The van der Waals surface area contributed by atoms with Crippen molar-refractivity contribution in [2.45, 2.75) is 6.42 Å². The van der Waals surface area contributed by atoms with E-state index in [0.29, 0.717) is 28.4 Å². The number of carbonyl (C=O) groups is 2.